The molecule has 2 aromatic heterocycles. The van der Waals surface area contributed by atoms with E-state index in [2.05, 4.69) is 39.6 Å². The molecule has 0 saturated carbocycles. The van der Waals surface area contributed by atoms with E-state index in [0.29, 0.717) is 0 Å². The fourth-order valence-corrected chi connectivity index (χ4v) is 3.04. The number of nitrogens with zero attached hydrogens (tertiary/aromatic N) is 1. The van der Waals surface area contributed by atoms with Crippen LogP contribution in [0.5, 0.6) is 0 Å². The van der Waals surface area contributed by atoms with Crippen LogP contribution in [-0.2, 0) is 13.0 Å². The molecule has 0 aliphatic carbocycles. The van der Waals surface area contributed by atoms with Crippen LogP contribution in [0.25, 0.3) is 22.0 Å². The maximum Gasteiger partial charge on any atom is 0.0459 e. The average molecular weight is 263 g/mol. The molecule has 3 nitrogen and oxygen atoms in total. The van der Waals surface area contributed by atoms with Crippen molar-refractivity contribution in [1.29, 1.82) is 0 Å². The number of hydrogen-bond donors (Lipinski definition) is 2. The van der Waals surface area contributed by atoms with Crippen molar-refractivity contribution in [2.75, 3.05) is 6.54 Å². The van der Waals surface area contributed by atoms with Gasteiger partial charge < -0.3 is 10.3 Å². The zero-order valence-electron chi connectivity index (χ0n) is 11.3. The van der Waals surface area contributed by atoms with E-state index in [0.717, 1.165) is 19.5 Å². The van der Waals surface area contributed by atoms with Crippen molar-refractivity contribution in [2.24, 2.45) is 0 Å². The minimum absolute atomic E-state index is 0.964. The molecule has 0 saturated heterocycles. The lowest BCUT2D eigenvalue weighted by Crippen LogP contribution is -2.11. The topological polar surface area (TPSA) is 40.7 Å². The monoisotopic (exact) mass is 263 g/mol. The summed E-state index contributed by atoms with van der Waals surface area (Å²) in [7, 11) is 0. The van der Waals surface area contributed by atoms with Crippen LogP contribution in [0.2, 0.25) is 0 Å². The number of nitrogens with one attached hydrogen (secondary N) is 2. The van der Waals surface area contributed by atoms with E-state index >= 15 is 0 Å². The molecule has 20 heavy (non-hydrogen) atoms. The van der Waals surface area contributed by atoms with Crippen molar-refractivity contribution in [2.45, 2.75) is 19.4 Å². The standard InChI is InChI=1S/C17H17N3/c1-3-13(10-18-7-1)12-5-6-17-14(9-12)15-11-19-8-2-4-16(15)20-17/h1,3,5-7,9-10,19-20H,2,4,8,11H2. The summed E-state index contributed by atoms with van der Waals surface area (Å²) in [6.45, 7) is 2.07. The number of benzene rings is 1. The van der Waals surface area contributed by atoms with Gasteiger partial charge in [0.15, 0.2) is 0 Å². The van der Waals surface area contributed by atoms with Gasteiger partial charge in [-0.05, 0) is 48.7 Å². The summed E-state index contributed by atoms with van der Waals surface area (Å²) in [5.41, 5.74) is 6.48. The quantitative estimate of drug-likeness (QED) is 0.707. The Morgan fingerprint density at radius 1 is 1.10 bits per heavy atom. The lowest BCUT2D eigenvalue weighted by Gasteiger charge is -2.03. The number of fused-ring (bicyclic) bond motifs is 3. The van der Waals surface area contributed by atoms with Gasteiger partial charge in [0.2, 0.25) is 0 Å². The number of H-pyrrole nitrogens is 1. The summed E-state index contributed by atoms with van der Waals surface area (Å²) in [5, 5.41) is 4.85. The van der Waals surface area contributed by atoms with Crippen molar-refractivity contribution in [1.82, 2.24) is 15.3 Å². The predicted octanol–water partition coefficient (Wildman–Crippen LogP) is 3.27. The number of rotatable bonds is 1. The summed E-state index contributed by atoms with van der Waals surface area (Å²) in [4.78, 5) is 7.79. The third-order valence-electron chi connectivity index (χ3n) is 4.07. The Bertz CT molecular complexity index is 744. The molecule has 1 aromatic carbocycles. The Labute approximate surface area is 118 Å². The highest BCUT2D eigenvalue weighted by molar-refractivity contribution is 5.89. The fraction of sp³-hybridized carbons (Fsp3) is 0.235. The van der Waals surface area contributed by atoms with Crippen LogP contribution in [0.3, 0.4) is 0 Å². The zero-order chi connectivity index (χ0) is 13.4. The fourth-order valence-electron chi connectivity index (χ4n) is 3.04. The first-order chi connectivity index (χ1) is 9.92. The van der Waals surface area contributed by atoms with Gasteiger partial charge in [0.25, 0.3) is 0 Å². The minimum atomic E-state index is 0.964. The Morgan fingerprint density at radius 3 is 3.00 bits per heavy atom. The molecule has 0 spiro atoms. The summed E-state index contributed by atoms with van der Waals surface area (Å²) in [5.74, 6) is 0. The number of pyridine rings is 1. The normalized spacial score (nSPS) is 15.0. The largest absolute Gasteiger partial charge is 0.358 e. The molecule has 100 valence electrons. The maximum atomic E-state index is 4.21. The molecule has 0 radical (unpaired) electrons. The van der Waals surface area contributed by atoms with Crippen molar-refractivity contribution in [3.05, 3.63) is 54.0 Å². The molecule has 1 aliphatic heterocycles. The molecule has 4 rings (SSSR count). The molecular formula is C17H17N3. The van der Waals surface area contributed by atoms with Gasteiger partial charge in [0.05, 0.1) is 0 Å². The lowest BCUT2D eigenvalue weighted by atomic mass is 10.0. The van der Waals surface area contributed by atoms with Crippen LogP contribution >= 0.6 is 0 Å². The van der Waals surface area contributed by atoms with Crippen molar-refractivity contribution >= 4 is 10.9 Å². The number of aromatic nitrogens is 2. The van der Waals surface area contributed by atoms with Gasteiger partial charge in [-0.3, -0.25) is 4.98 Å². The first-order valence-electron chi connectivity index (χ1n) is 7.16. The molecular weight excluding hydrogens is 246 g/mol. The van der Waals surface area contributed by atoms with E-state index in [-0.39, 0.29) is 0 Å². The lowest BCUT2D eigenvalue weighted by molar-refractivity contribution is 0.680. The average Bonchev–Trinajstić information content (AvgIpc) is 2.69. The Hall–Kier alpha value is -2.13. The van der Waals surface area contributed by atoms with Gasteiger partial charge >= 0.3 is 0 Å². The van der Waals surface area contributed by atoms with E-state index in [1.54, 1.807) is 0 Å². The molecule has 0 unspecified atom stereocenters. The van der Waals surface area contributed by atoms with Gasteiger partial charge in [0.1, 0.15) is 0 Å². The molecule has 0 bridgehead atoms. The summed E-state index contributed by atoms with van der Waals surface area (Å²) < 4.78 is 0. The smallest absolute Gasteiger partial charge is 0.0459 e. The number of aromatic amines is 1. The second-order valence-corrected chi connectivity index (χ2v) is 5.36. The van der Waals surface area contributed by atoms with Crippen molar-refractivity contribution in [3.8, 4) is 11.1 Å². The van der Waals surface area contributed by atoms with Gasteiger partial charge in [-0.15, -0.1) is 0 Å². The van der Waals surface area contributed by atoms with Gasteiger partial charge in [0, 0.05) is 41.1 Å². The predicted molar refractivity (Wildman–Crippen MR) is 81.6 cm³/mol. The van der Waals surface area contributed by atoms with Crippen molar-refractivity contribution in [3.63, 3.8) is 0 Å². The minimum Gasteiger partial charge on any atom is -0.358 e. The Kier molecular flexibility index (Phi) is 2.78. The van der Waals surface area contributed by atoms with E-state index in [4.69, 9.17) is 0 Å². The SMILES string of the molecule is c1cncc(-c2ccc3[nH]c4c(c3c2)CNCCC4)c1. The van der Waals surface area contributed by atoms with E-state index < -0.39 is 0 Å². The van der Waals surface area contributed by atoms with E-state index in [1.807, 2.05) is 18.5 Å². The van der Waals surface area contributed by atoms with Crippen LogP contribution in [-0.4, -0.2) is 16.5 Å². The summed E-state index contributed by atoms with van der Waals surface area (Å²) in [6.07, 6.45) is 6.08. The molecule has 0 atom stereocenters. The van der Waals surface area contributed by atoms with Crippen LogP contribution in [0.1, 0.15) is 17.7 Å². The Balaban J connectivity index is 1.88. The number of hydrogen-bond acceptors (Lipinski definition) is 2. The van der Waals surface area contributed by atoms with Crippen LogP contribution < -0.4 is 5.32 Å². The second-order valence-electron chi connectivity index (χ2n) is 5.36. The van der Waals surface area contributed by atoms with Crippen molar-refractivity contribution < 1.29 is 0 Å². The van der Waals surface area contributed by atoms with Gasteiger partial charge in [-0.25, -0.2) is 0 Å². The first-order valence-corrected chi connectivity index (χ1v) is 7.16. The Morgan fingerprint density at radius 2 is 2.10 bits per heavy atom. The highest BCUT2D eigenvalue weighted by Gasteiger charge is 2.14. The van der Waals surface area contributed by atoms with Crippen LogP contribution in [0, 0.1) is 0 Å². The first kappa shape index (κ1) is 11.7. The number of aryl methyl sites for hydroxylation is 1. The summed E-state index contributed by atoms with van der Waals surface area (Å²) in [6, 6.07) is 10.7. The molecule has 0 amide bonds. The zero-order valence-corrected chi connectivity index (χ0v) is 11.3. The molecule has 2 N–H and O–H groups in total. The molecule has 1 aliphatic rings. The molecule has 3 heteroatoms. The third-order valence-corrected chi connectivity index (χ3v) is 4.07. The highest BCUT2D eigenvalue weighted by atomic mass is 14.9. The molecule has 3 heterocycles. The van der Waals surface area contributed by atoms with Crippen LogP contribution in [0.15, 0.2) is 42.7 Å². The van der Waals surface area contributed by atoms with Gasteiger partial charge in [-0.2, -0.15) is 0 Å². The van der Waals surface area contributed by atoms with E-state index in [9.17, 15) is 0 Å². The molecule has 0 fully saturated rings. The molecule has 3 aromatic rings. The second kappa shape index (κ2) is 4.76. The summed E-state index contributed by atoms with van der Waals surface area (Å²) >= 11 is 0. The maximum absolute atomic E-state index is 4.21. The third kappa shape index (κ3) is 1.91. The van der Waals surface area contributed by atoms with E-state index in [1.165, 1.54) is 39.7 Å². The van der Waals surface area contributed by atoms with Crippen LogP contribution in [0.4, 0.5) is 0 Å². The highest BCUT2D eigenvalue weighted by Crippen LogP contribution is 2.29. The van der Waals surface area contributed by atoms with Gasteiger partial charge in [-0.1, -0.05) is 12.1 Å².